The van der Waals surface area contributed by atoms with Gasteiger partial charge in [-0.25, -0.2) is 10.2 Å². The van der Waals surface area contributed by atoms with Crippen LogP contribution >= 0.6 is 0 Å². The third-order valence-corrected chi connectivity index (χ3v) is 1.99. The second-order valence-electron chi connectivity index (χ2n) is 3.35. The van der Waals surface area contributed by atoms with Gasteiger partial charge >= 0.3 is 6.03 Å². The Balaban J connectivity index is 2.50. The molecule has 0 aromatic heterocycles. The van der Waals surface area contributed by atoms with Gasteiger partial charge in [-0.2, -0.15) is 5.10 Å². The Morgan fingerprint density at radius 3 is 2.59 bits per heavy atom. The summed E-state index contributed by atoms with van der Waals surface area (Å²) in [6, 6.07) is 6.56. The summed E-state index contributed by atoms with van der Waals surface area (Å²) >= 11 is 0. The molecule has 6 heteroatoms. The highest BCUT2D eigenvalue weighted by molar-refractivity contribution is 5.91. The smallest absolute Gasteiger partial charge is 0.339 e. The van der Waals surface area contributed by atoms with Crippen LogP contribution in [0.5, 0.6) is 5.75 Å². The number of hydrogen-bond acceptors (Lipinski definition) is 4. The summed E-state index contributed by atoms with van der Waals surface area (Å²) in [5.74, 6) is 0.730. The van der Waals surface area contributed by atoms with Gasteiger partial charge in [-0.05, 0) is 31.2 Å². The van der Waals surface area contributed by atoms with E-state index < -0.39 is 6.03 Å². The number of carbonyl (C=O) groups excluding carboxylic acids is 1. The van der Waals surface area contributed by atoms with Gasteiger partial charge in [-0.3, -0.25) is 0 Å². The number of hydrogen-bond donors (Lipinski definition) is 3. The largest absolute Gasteiger partial charge is 0.497 e. The van der Waals surface area contributed by atoms with Gasteiger partial charge in [-0.15, -0.1) is 0 Å². The summed E-state index contributed by atoms with van der Waals surface area (Å²) in [7, 11) is 1.58. The predicted octanol–water partition coefficient (Wildman–Crippen LogP) is 1.15. The molecule has 0 saturated carbocycles. The Morgan fingerprint density at radius 1 is 1.41 bits per heavy atom. The van der Waals surface area contributed by atoms with Crippen LogP contribution in [0.3, 0.4) is 0 Å². The van der Waals surface area contributed by atoms with Crippen LogP contribution in [0.4, 0.5) is 10.5 Å². The third-order valence-electron chi connectivity index (χ3n) is 1.99. The lowest BCUT2D eigenvalue weighted by Gasteiger charge is -2.05. The fourth-order valence-corrected chi connectivity index (χ4v) is 1.03. The van der Waals surface area contributed by atoms with E-state index >= 15 is 0 Å². The van der Waals surface area contributed by atoms with Gasteiger partial charge < -0.3 is 15.8 Å². The number of amides is 2. The number of methoxy groups -OCH3 is 1. The lowest BCUT2D eigenvalue weighted by molar-refractivity contribution is 0.252. The predicted molar refractivity (Wildman–Crippen MR) is 67.3 cm³/mol. The van der Waals surface area contributed by atoms with E-state index in [9.17, 15) is 4.79 Å². The topological polar surface area (TPSA) is 88.7 Å². The molecular formula is C11H16N4O2. The molecule has 0 aliphatic carbocycles. The Bertz CT molecular complexity index is 400. The Morgan fingerprint density at radius 2 is 2.06 bits per heavy atom. The molecule has 0 spiro atoms. The highest BCUT2D eigenvalue weighted by Crippen LogP contribution is 2.14. The van der Waals surface area contributed by atoms with E-state index in [2.05, 4.69) is 15.8 Å². The molecule has 0 bridgehead atoms. The first-order valence-corrected chi connectivity index (χ1v) is 5.10. The van der Waals surface area contributed by atoms with Gasteiger partial charge in [0, 0.05) is 17.9 Å². The molecule has 0 heterocycles. The summed E-state index contributed by atoms with van der Waals surface area (Å²) in [4.78, 5) is 11.4. The lowest BCUT2D eigenvalue weighted by atomic mass is 10.3. The monoisotopic (exact) mass is 236 g/mol. The average Bonchev–Trinajstić information content (AvgIpc) is 2.36. The lowest BCUT2D eigenvalue weighted by Crippen LogP contribution is -2.26. The molecule has 1 rings (SSSR count). The quantitative estimate of drug-likeness (QED) is 0.541. The van der Waals surface area contributed by atoms with Gasteiger partial charge in [0.05, 0.1) is 7.11 Å². The number of nitrogens with zero attached hydrogens (tertiary/aromatic N) is 1. The zero-order chi connectivity index (χ0) is 12.7. The van der Waals surface area contributed by atoms with Crippen molar-refractivity contribution in [1.29, 1.82) is 0 Å². The van der Waals surface area contributed by atoms with Crippen molar-refractivity contribution in [2.24, 2.45) is 10.8 Å². The van der Waals surface area contributed by atoms with E-state index in [4.69, 9.17) is 10.5 Å². The molecule has 2 amide bonds. The number of anilines is 1. The molecule has 0 radical (unpaired) electrons. The molecule has 0 aliphatic heterocycles. The summed E-state index contributed by atoms with van der Waals surface area (Å²) in [5.41, 5.74) is 8.97. The summed E-state index contributed by atoms with van der Waals surface area (Å²) in [5, 5.41) is 6.40. The van der Waals surface area contributed by atoms with E-state index in [1.165, 1.54) is 0 Å². The highest BCUT2D eigenvalue weighted by atomic mass is 16.5. The molecule has 1 aromatic rings. The summed E-state index contributed by atoms with van der Waals surface area (Å²) < 4.78 is 5.00. The van der Waals surface area contributed by atoms with Crippen LogP contribution in [-0.2, 0) is 0 Å². The number of urea groups is 1. The first-order valence-electron chi connectivity index (χ1n) is 5.10. The number of hydrazone groups is 1. The maximum absolute atomic E-state index is 11.4. The molecule has 0 saturated heterocycles. The number of ether oxygens (including phenoxy) is 1. The summed E-state index contributed by atoms with van der Waals surface area (Å²) in [6.07, 6.45) is 0. The van der Waals surface area contributed by atoms with Crippen molar-refractivity contribution in [2.75, 3.05) is 19.0 Å². The maximum atomic E-state index is 11.4. The number of rotatable bonds is 4. The van der Waals surface area contributed by atoms with Gasteiger partial charge in [0.25, 0.3) is 0 Å². The van der Waals surface area contributed by atoms with Crippen molar-refractivity contribution in [3.63, 3.8) is 0 Å². The minimum Gasteiger partial charge on any atom is -0.497 e. The van der Waals surface area contributed by atoms with Crippen LogP contribution in [0.1, 0.15) is 6.92 Å². The number of nitrogens with two attached hydrogens (primary N) is 1. The molecule has 17 heavy (non-hydrogen) atoms. The second-order valence-corrected chi connectivity index (χ2v) is 3.35. The first kappa shape index (κ1) is 13.0. The van der Waals surface area contributed by atoms with E-state index in [-0.39, 0.29) is 0 Å². The van der Waals surface area contributed by atoms with Crippen molar-refractivity contribution >= 4 is 17.4 Å². The van der Waals surface area contributed by atoms with Crippen molar-refractivity contribution < 1.29 is 9.53 Å². The molecule has 6 nitrogen and oxygen atoms in total. The summed E-state index contributed by atoms with van der Waals surface area (Å²) in [6.45, 7) is 2.04. The van der Waals surface area contributed by atoms with Crippen LogP contribution < -0.4 is 21.2 Å². The molecule has 0 fully saturated rings. The third kappa shape index (κ3) is 4.52. The minimum atomic E-state index is -0.414. The van der Waals surface area contributed by atoms with Crippen LogP contribution in [0, 0.1) is 0 Å². The van der Waals surface area contributed by atoms with Gasteiger partial charge in [0.1, 0.15) is 5.75 Å². The van der Waals surface area contributed by atoms with E-state index in [1.807, 2.05) is 0 Å². The fraction of sp³-hybridized carbons (Fsp3) is 0.273. The molecule has 4 N–H and O–H groups in total. The van der Waals surface area contributed by atoms with Crippen LogP contribution in [-0.4, -0.2) is 25.4 Å². The number of benzene rings is 1. The molecular weight excluding hydrogens is 220 g/mol. The van der Waals surface area contributed by atoms with Crippen LogP contribution in [0.2, 0.25) is 0 Å². The average molecular weight is 236 g/mol. The van der Waals surface area contributed by atoms with E-state index in [1.54, 1.807) is 38.3 Å². The second kappa shape index (κ2) is 6.49. The van der Waals surface area contributed by atoms with E-state index in [0.717, 1.165) is 5.75 Å². The maximum Gasteiger partial charge on any atom is 0.339 e. The van der Waals surface area contributed by atoms with Crippen molar-refractivity contribution in [3.8, 4) is 5.75 Å². The molecule has 1 aromatic carbocycles. The Hall–Kier alpha value is -2.08. The van der Waals surface area contributed by atoms with Gasteiger partial charge in [-0.1, -0.05) is 0 Å². The number of carbonyl (C=O) groups is 1. The first-order chi connectivity index (χ1) is 8.15. The van der Waals surface area contributed by atoms with Crippen LogP contribution in [0.25, 0.3) is 0 Å². The van der Waals surface area contributed by atoms with Gasteiger partial charge in [0.2, 0.25) is 0 Å². The normalized spacial score (nSPS) is 10.9. The number of nitrogens with one attached hydrogen (secondary N) is 2. The van der Waals surface area contributed by atoms with Crippen molar-refractivity contribution in [3.05, 3.63) is 24.3 Å². The zero-order valence-electron chi connectivity index (χ0n) is 9.86. The Kier molecular flexibility index (Phi) is 4.96. The van der Waals surface area contributed by atoms with E-state index in [0.29, 0.717) is 17.9 Å². The SMILES string of the molecule is COc1ccc(NC(=O)N/N=C(\C)CN)cc1. The zero-order valence-corrected chi connectivity index (χ0v) is 9.86. The van der Waals surface area contributed by atoms with Crippen molar-refractivity contribution in [1.82, 2.24) is 5.43 Å². The molecule has 92 valence electrons. The fourth-order valence-electron chi connectivity index (χ4n) is 1.03. The van der Waals surface area contributed by atoms with Crippen molar-refractivity contribution in [2.45, 2.75) is 6.92 Å². The van der Waals surface area contributed by atoms with Crippen LogP contribution in [0.15, 0.2) is 29.4 Å². The molecule has 0 unspecified atom stereocenters. The minimum absolute atomic E-state index is 0.308. The molecule has 0 aliphatic rings. The molecule has 0 atom stereocenters. The standard InChI is InChI=1S/C11H16N4O2/c1-8(7-12)14-15-11(16)13-9-3-5-10(17-2)6-4-9/h3-6H,7,12H2,1-2H3,(H2,13,15,16)/b14-8+. The Labute approximate surface area is 99.8 Å². The highest BCUT2D eigenvalue weighted by Gasteiger charge is 2.00. The van der Waals surface area contributed by atoms with Gasteiger partial charge in [0.15, 0.2) is 0 Å².